The van der Waals surface area contributed by atoms with E-state index in [0.29, 0.717) is 12.1 Å². The molecule has 2 atom stereocenters. The van der Waals surface area contributed by atoms with Crippen molar-refractivity contribution in [1.29, 1.82) is 0 Å². The van der Waals surface area contributed by atoms with E-state index in [-0.39, 0.29) is 0 Å². The van der Waals surface area contributed by atoms with Gasteiger partial charge in [-0.15, -0.1) is 0 Å². The van der Waals surface area contributed by atoms with Crippen LogP contribution in [0.3, 0.4) is 0 Å². The van der Waals surface area contributed by atoms with E-state index in [1.807, 2.05) is 6.92 Å². The number of rotatable bonds is 5. The van der Waals surface area contributed by atoms with Crippen LogP contribution in [-0.4, -0.2) is 41.8 Å². The van der Waals surface area contributed by atoms with Crippen molar-refractivity contribution in [2.75, 3.05) is 29.9 Å². The molecule has 0 aliphatic carbocycles. The lowest BCUT2D eigenvalue weighted by Crippen LogP contribution is -2.39. The molecular formula is C17H28N4O. The van der Waals surface area contributed by atoms with Gasteiger partial charge in [-0.05, 0) is 45.4 Å². The third-order valence-electron chi connectivity index (χ3n) is 4.75. The fourth-order valence-electron chi connectivity index (χ4n) is 3.52. The van der Waals surface area contributed by atoms with Crippen LogP contribution in [0.2, 0.25) is 0 Å². The summed E-state index contributed by atoms with van der Waals surface area (Å²) in [6.45, 7) is 7.12. The summed E-state index contributed by atoms with van der Waals surface area (Å²) in [6.07, 6.45) is 7.67. The first-order valence-electron chi connectivity index (χ1n) is 8.74. The van der Waals surface area contributed by atoms with Gasteiger partial charge in [0.2, 0.25) is 5.95 Å². The van der Waals surface area contributed by atoms with E-state index >= 15 is 0 Å². The number of nitrogens with zero attached hydrogens (tertiary/aromatic N) is 3. The number of aryl methyl sites for hydroxylation is 1. The van der Waals surface area contributed by atoms with Gasteiger partial charge in [0, 0.05) is 37.5 Å². The first-order chi connectivity index (χ1) is 10.8. The molecule has 3 rings (SSSR count). The van der Waals surface area contributed by atoms with Crippen molar-refractivity contribution in [2.45, 2.75) is 64.5 Å². The Hall–Kier alpha value is -1.36. The maximum absolute atomic E-state index is 5.66. The Morgan fingerprint density at radius 3 is 2.95 bits per heavy atom. The highest BCUT2D eigenvalue weighted by atomic mass is 16.5. The largest absolute Gasteiger partial charge is 0.376 e. The Balaban J connectivity index is 1.70. The molecule has 2 aliphatic rings. The first kappa shape index (κ1) is 15.5. The minimum Gasteiger partial charge on any atom is -0.376 e. The zero-order chi connectivity index (χ0) is 15.4. The van der Waals surface area contributed by atoms with E-state index < -0.39 is 0 Å². The molecule has 2 aliphatic heterocycles. The maximum Gasteiger partial charge on any atom is 0.224 e. The summed E-state index contributed by atoms with van der Waals surface area (Å²) in [5, 5.41) is 3.37. The molecule has 3 heterocycles. The number of piperidine rings is 1. The first-order valence-corrected chi connectivity index (χ1v) is 8.74. The molecular weight excluding hydrogens is 276 g/mol. The minimum atomic E-state index is 0.311. The van der Waals surface area contributed by atoms with Gasteiger partial charge in [-0.1, -0.05) is 6.92 Å². The van der Waals surface area contributed by atoms with E-state index in [1.165, 1.54) is 25.7 Å². The summed E-state index contributed by atoms with van der Waals surface area (Å²) in [5.41, 5.74) is 1.03. The summed E-state index contributed by atoms with van der Waals surface area (Å²) in [7, 11) is 0. The molecule has 5 heteroatoms. The number of nitrogens with one attached hydrogen (secondary N) is 1. The molecule has 0 bridgehead atoms. The number of hydrogen-bond acceptors (Lipinski definition) is 5. The Bertz CT molecular complexity index is 488. The fraction of sp³-hybridized carbons (Fsp3) is 0.765. The summed E-state index contributed by atoms with van der Waals surface area (Å²) in [4.78, 5) is 11.8. The highest BCUT2D eigenvalue weighted by Gasteiger charge is 2.23. The van der Waals surface area contributed by atoms with Crippen LogP contribution in [0.25, 0.3) is 0 Å². The molecule has 2 saturated heterocycles. The molecule has 2 unspecified atom stereocenters. The smallest absolute Gasteiger partial charge is 0.224 e. The van der Waals surface area contributed by atoms with Crippen molar-refractivity contribution >= 4 is 11.8 Å². The van der Waals surface area contributed by atoms with Crippen LogP contribution in [0, 0.1) is 6.92 Å². The molecule has 2 fully saturated rings. The third-order valence-corrected chi connectivity index (χ3v) is 4.75. The molecule has 0 saturated carbocycles. The van der Waals surface area contributed by atoms with Crippen LogP contribution in [-0.2, 0) is 4.74 Å². The quantitative estimate of drug-likeness (QED) is 0.905. The van der Waals surface area contributed by atoms with E-state index in [9.17, 15) is 0 Å². The van der Waals surface area contributed by atoms with Crippen LogP contribution in [0.5, 0.6) is 0 Å². The van der Waals surface area contributed by atoms with Gasteiger partial charge in [0.15, 0.2) is 0 Å². The lowest BCUT2D eigenvalue weighted by Gasteiger charge is -2.36. The lowest BCUT2D eigenvalue weighted by atomic mass is 10.00. The fourth-order valence-corrected chi connectivity index (χ4v) is 3.52. The Labute approximate surface area is 133 Å². The molecule has 122 valence electrons. The van der Waals surface area contributed by atoms with E-state index in [4.69, 9.17) is 9.72 Å². The zero-order valence-electron chi connectivity index (χ0n) is 13.8. The van der Waals surface area contributed by atoms with E-state index in [0.717, 1.165) is 50.0 Å². The van der Waals surface area contributed by atoms with Gasteiger partial charge in [0.1, 0.15) is 5.82 Å². The number of ether oxygens (including phenoxy) is 1. The SMILES string of the molecule is CCC1CCCCN1c1cc(C)nc(NCC2CCCO2)n1. The van der Waals surface area contributed by atoms with Crippen molar-refractivity contribution in [2.24, 2.45) is 0 Å². The minimum absolute atomic E-state index is 0.311. The lowest BCUT2D eigenvalue weighted by molar-refractivity contribution is 0.120. The van der Waals surface area contributed by atoms with Crippen LogP contribution < -0.4 is 10.2 Å². The zero-order valence-corrected chi connectivity index (χ0v) is 13.8. The van der Waals surface area contributed by atoms with Crippen LogP contribution >= 0.6 is 0 Å². The van der Waals surface area contributed by atoms with E-state index in [1.54, 1.807) is 0 Å². The highest BCUT2D eigenvalue weighted by molar-refractivity contribution is 5.46. The van der Waals surface area contributed by atoms with Crippen molar-refractivity contribution in [3.05, 3.63) is 11.8 Å². The van der Waals surface area contributed by atoms with E-state index in [2.05, 4.69) is 28.2 Å². The second kappa shape index (κ2) is 7.27. The molecule has 0 aromatic carbocycles. The van der Waals surface area contributed by atoms with Crippen molar-refractivity contribution < 1.29 is 4.74 Å². The Kier molecular flexibility index (Phi) is 5.13. The second-order valence-corrected chi connectivity index (χ2v) is 6.46. The molecule has 1 aromatic rings. The molecule has 1 N–H and O–H groups in total. The molecule has 0 spiro atoms. The van der Waals surface area contributed by atoms with Crippen LogP contribution in [0.4, 0.5) is 11.8 Å². The molecule has 0 amide bonds. The van der Waals surface area contributed by atoms with Crippen LogP contribution in [0.15, 0.2) is 6.07 Å². The normalized spacial score (nSPS) is 25.5. The van der Waals surface area contributed by atoms with Gasteiger partial charge in [0.05, 0.1) is 6.10 Å². The van der Waals surface area contributed by atoms with Gasteiger partial charge >= 0.3 is 0 Å². The topological polar surface area (TPSA) is 50.3 Å². The molecule has 22 heavy (non-hydrogen) atoms. The Morgan fingerprint density at radius 1 is 1.27 bits per heavy atom. The molecule has 5 nitrogen and oxygen atoms in total. The Morgan fingerprint density at radius 2 is 2.18 bits per heavy atom. The third kappa shape index (κ3) is 3.69. The standard InChI is InChI=1S/C17H28N4O/c1-3-14-7-4-5-9-21(14)16-11-13(2)19-17(20-16)18-12-15-8-6-10-22-15/h11,14-15H,3-10,12H2,1-2H3,(H,18,19,20). The van der Waals surface area contributed by atoms with Gasteiger partial charge in [-0.2, -0.15) is 4.98 Å². The predicted octanol–water partition coefficient (Wildman–Crippen LogP) is 3.14. The summed E-state index contributed by atoms with van der Waals surface area (Å²) in [6, 6.07) is 2.74. The number of aromatic nitrogens is 2. The highest BCUT2D eigenvalue weighted by Crippen LogP contribution is 2.26. The summed E-state index contributed by atoms with van der Waals surface area (Å²) in [5.74, 6) is 1.82. The maximum atomic E-state index is 5.66. The second-order valence-electron chi connectivity index (χ2n) is 6.46. The average molecular weight is 304 g/mol. The van der Waals surface area contributed by atoms with Gasteiger partial charge in [0.25, 0.3) is 0 Å². The predicted molar refractivity (Wildman–Crippen MR) is 89.5 cm³/mol. The summed E-state index contributed by atoms with van der Waals surface area (Å²) >= 11 is 0. The number of anilines is 2. The van der Waals surface area contributed by atoms with Gasteiger partial charge in [-0.3, -0.25) is 0 Å². The summed E-state index contributed by atoms with van der Waals surface area (Å²) < 4.78 is 5.66. The average Bonchev–Trinajstić information content (AvgIpc) is 3.06. The van der Waals surface area contributed by atoms with Gasteiger partial charge < -0.3 is 15.0 Å². The molecule has 1 aromatic heterocycles. The van der Waals surface area contributed by atoms with Crippen molar-refractivity contribution in [1.82, 2.24) is 9.97 Å². The number of hydrogen-bond donors (Lipinski definition) is 1. The van der Waals surface area contributed by atoms with Crippen molar-refractivity contribution in [3.8, 4) is 0 Å². The van der Waals surface area contributed by atoms with Gasteiger partial charge in [-0.25, -0.2) is 4.98 Å². The van der Waals surface area contributed by atoms with Crippen molar-refractivity contribution in [3.63, 3.8) is 0 Å². The monoisotopic (exact) mass is 304 g/mol. The molecule has 0 radical (unpaired) electrons. The van der Waals surface area contributed by atoms with Crippen LogP contribution in [0.1, 0.15) is 51.1 Å².